The molecule has 1 aromatic carbocycles. The van der Waals surface area contributed by atoms with Crippen molar-refractivity contribution in [2.24, 2.45) is 0 Å². The van der Waals surface area contributed by atoms with Gasteiger partial charge in [-0.3, -0.25) is 24.6 Å². The van der Waals surface area contributed by atoms with Gasteiger partial charge >= 0.3 is 5.97 Å². The Kier molecular flexibility index (Phi) is 5.42. The zero-order valence-corrected chi connectivity index (χ0v) is 14.4. The Morgan fingerprint density at radius 2 is 2.04 bits per heavy atom. The molecule has 1 saturated heterocycles. The first-order valence-corrected chi connectivity index (χ1v) is 7.79. The summed E-state index contributed by atoms with van der Waals surface area (Å²) in [7, 11) is 2.53. The summed E-state index contributed by atoms with van der Waals surface area (Å²) in [6, 6.07) is 2.82. The van der Waals surface area contributed by atoms with Crippen molar-refractivity contribution in [2.45, 2.75) is 13.0 Å². The van der Waals surface area contributed by atoms with Crippen molar-refractivity contribution in [1.29, 1.82) is 0 Å². The molecule has 25 heavy (non-hydrogen) atoms. The van der Waals surface area contributed by atoms with E-state index in [1.54, 1.807) is 0 Å². The number of esters is 1. The molecule has 0 aromatic heterocycles. The Bertz CT molecular complexity index is 790. The van der Waals surface area contributed by atoms with Crippen LogP contribution in [0.1, 0.15) is 12.5 Å². The second-order valence-corrected chi connectivity index (χ2v) is 5.93. The van der Waals surface area contributed by atoms with E-state index in [0.29, 0.717) is 17.5 Å². The topological polar surface area (TPSA) is 116 Å². The maximum atomic E-state index is 12.4. The number of amides is 2. The molecule has 1 atom stereocenters. The van der Waals surface area contributed by atoms with Gasteiger partial charge in [-0.2, -0.15) is 0 Å². The molecular formula is C15H14N2O7S. The van der Waals surface area contributed by atoms with Gasteiger partial charge in [0.25, 0.3) is 16.8 Å². The number of ether oxygens (including phenoxy) is 2. The van der Waals surface area contributed by atoms with Crippen molar-refractivity contribution in [2.75, 3.05) is 14.2 Å². The van der Waals surface area contributed by atoms with Crippen molar-refractivity contribution < 1.29 is 28.8 Å². The summed E-state index contributed by atoms with van der Waals surface area (Å²) in [5, 5.41) is 10.3. The second kappa shape index (κ2) is 7.34. The monoisotopic (exact) mass is 366 g/mol. The lowest BCUT2D eigenvalue weighted by molar-refractivity contribution is -0.384. The predicted octanol–water partition coefficient (Wildman–Crippen LogP) is 2.20. The molecule has 10 heteroatoms. The van der Waals surface area contributed by atoms with Crippen LogP contribution in [0.5, 0.6) is 5.75 Å². The van der Waals surface area contributed by atoms with Crippen molar-refractivity contribution >= 4 is 40.6 Å². The third-order valence-corrected chi connectivity index (χ3v) is 4.35. The minimum Gasteiger partial charge on any atom is -0.496 e. The van der Waals surface area contributed by atoms with Crippen molar-refractivity contribution in [3.8, 4) is 5.75 Å². The maximum absolute atomic E-state index is 12.4. The molecule has 2 amide bonds. The van der Waals surface area contributed by atoms with Crippen LogP contribution in [0.25, 0.3) is 6.08 Å². The molecule has 1 aliphatic heterocycles. The molecule has 2 rings (SSSR count). The highest BCUT2D eigenvalue weighted by Crippen LogP contribution is 2.36. The number of rotatable bonds is 5. The first-order valence-electron chi connectivity index (χ1n) is 6.97. The van der Waals surface area contributed by atoms with Gasteiger partial charge in [0.05, 0.1) is 24.0 Å². The van der Waals surface area contributed by atoms with Gasteiger partial charge in [-0.1, -0.05) is 0 Å². The first-order chi connectivity index (χ1) is 11.8. The summed E-state index contributed by atoms with van der Waals surface area (Å²) in [5.41, 5.74) is 0.0853. The van der Waals surface area contributed by atoms with Gasteiger partial charge < -0.3 is 9.47 Å². The number of thioether (sulfide) groups is 1. The normalized spacial score (nSPS) is 16.9. The predicted molar refractivity (Wildman–Crippen MR) is 88.9 cm³/mol. The number of carbonyl (C=O) groups excluding carboxylic acids is 3. The number of methoxy groups -OCH3 is 2. The molecule has 1 heterocycles. The second-order valence-electron chi connectivity index (χ2n) is 4.93. The molecule has 132 valence electrons. The number of nitro groups is 1. The van der Waals surface area contributed by atoms with Crippen LogP contribution in [-0.2, 0) is 14.3 Å². The number of hydrogen-bond acceptors (Lipinski definition) is 8. The van der Waals surface area contributed by atoms with Crippen molar-refractivity contribution in [3.63, 3.8) is 0 Å². The highest BCUT2D eigenvalue weighted by molar-refractivity contribution is 8.18. The molecule has 0 unspecified atom stereocenters. The molecule has 1 fully saturated rings. The van der Waals surface area contributed by atoms with Crippen LogP contribution < -0.4 is 4.74 Å². The molecular weight excluding hydrogens is 352 g/mol. The summed E-state index contributed by atoms with van der Waals surface area (Å²) in [6.45, 7) is 1.37. The number of benzene rings is 1. The fraction of sp³-hybridized carbons (Fsp3) is 0.267. The smallest absolute Gasteiger partial charge is 0.328 e. The third kappa shape index (κ3) is 3.63. The van der Waals surface area contributed by atoms with Crippen LogP contribution in [0.2, 0.25) is 0 Å². The van der Waals surface area contributed by atoms with Gasteiger partial charge in [0.1, 0.15) is 11.8 Å². The van der Waals surface area contributed by atoms with E-state index < -0.39 is 28.1 Å². The lowest BCUT2D eigenvalue weighted by Crippen LogP contribution is -2.42. The van der Waals surface area contributed by atoms with Crippen LogP contribution in [-0.4, -0.2) is 47.2 Å². The average molecular weight is 366 g/mol. The number of nitro benzene ring substituents is 1. The van der Waals surface area contributed by atoms with E-state index in [9.17, 15) is 24.5 Å². The maximum Gasteiger partial charge on any atom is 0.328 e. The first kappa shape index (κ1) is 18.5. The Morgan fingerprint density at radius 3 is 2.60 bits per heavy atom. The van der Waals surface area contributed by atoms with Crippen LogP contribution in [0.3, 0.4) is 0 Å². The molecule has 9 nitrogen and oxygen atoms in total. The minimum absolute atomic E-state index is 0.0274. The number of hydrogen-bond donors (Lipinski definition) is 0. The van der Waals surface area contributed by atoms with Crippen LogP contribution >= 0.6 is 11.8 Å². The number of carbonyl (C=O) groups is 3. The van der Waals surface area contributed by atoms with E-state index in [-0.39, 0.29) is 16.2 Å². The Labute approximate surface area is 146 Å². The summed E-state index contributed by atoms with van der Waals surface area (Å²) in [4.78, 5) is 47.2. The van der Waals surface area contributed by atoms with Gasteiger partial charge in [0.15, 0.2) is 0 Å². The average Bonchev–Trinajstić information content (AvgIpc) is 2.86. The summed E-state index contributed by atoms with van der Waals surface area (Å²) < 4.78 is 9.67. The van der Waals surface area contributed by atoms with Crippen LogP contribution in [0, 0.1) is 10.1 Å². The number of non-ortho nitro benzene ring substituents is 1. The van der Waals surface area contributed by atoms with E-state index >= 15 is 0 Å². The van der Waals surface area contributed by atoms with E-state index in [1.807, 2.05) is 0 Å². The number of imide groups is 1. The Hall–Kier alpha value is -2.88. The van der Waals surface area contributed by atoms with Gasteiger partial charge in [-0.25, -0.2) is 4.79 Å². The molecule has 0 saturated carbocycles. The quantitative estimate of drug-likeness (QED) is 0.337. The minimum atomic E-state index is -1.07. The van der Waals surface area contributed by atoms with Crippen molar-refractivity contribution in [3.05, 3.63) is 38.8 Å². The Morgan fingerprint density at radius 1 is 1.36 bits per heavy atom. The molecule has 0 radical (unpaired) electrons. The zero-order valence-electron chi connectivity index (χ0n) is 13.5. The summed E-state index contributed by atoms with van der Waals surface area (Å²) in [5.74, 6) is -1.10. The Balaban J connectivity index is 2.41. The fourth-order valence-corrected chi connectivity index (χ4v) is 3.08. The van der Waals surface area contributed by atoms with Gasteiger partial charge in [0, 0.05) is 17.7 Å². The molecule has 1 aliphatic rings. The highest BCUT2D eigenvalue weighted by Gasteiger charge is 2.41. The summed E-state index contributed by atoms with van der Waals surface area (Å²) in [6.07, 6.45) is 1.32. The van der Waals surface area contributed by atoms with Crippen molar-refractivity contribution in [1.82, 2.24) is 4.90 Å². The molecule has 0 N–H and O–H groups in total. The third-order valence-electron chi connectivity index (χ3n) is 3.46. The lowest BCUT2D eigenvalue weighted by atomic mass is 10.1. The summed E-state index contributed by atoms with van der Waals surface area (Å²) >= 11 is 0.632. The van der Waals surface area contributed by atoms with E-state index in [1.165, 1.54) is 38.3 Å². The molecule has 0 spiro atoms. The van der Waals surface area contributed by atoms with Crippen LogP contribution in [0.4, 0.5) is 10.5 Å². The van der Waals surface area contributed by atoms with Gasteiger partial charge in [-0.05, 0) is 30.8 Å². The standard InChI is InChI=1S/C15H14N2O7S/c1-8(14(19)24-3)16-13(18)12(25-15(16)20)7-9-6-10(17(21)22)4-5-11(9)23-2/h4-8H,1-3H3/b12-7+/t8-/m0/s1. The zero-order chi connectivity index (χ0) is 18.7. The van der Waals surface area contributed by atoms with Crippen LogP contribution in [0.15, 0.2) is 23.1 Å². The van der Waals surface area contributed by atoms with Gasteiger partial charge in [-0.15, -0.1) is 0 Å². The van der Waals surface area contributed by atoms with E-state index in [4.69, 9.17) is 4.74 Å². The van der Waals surface area contributed by atoms with E-state index in [0.717, 1.165) is 12.0 Å². The van der Waals surface area contributed by atoms with E-state index in [2.05, 4.69) is 4.74 Å². The fourth-order valence-electron chi connectivity index (χ4n) is 2.18. The van der Waals surface area contributed by atoms with Gasteiger partial charge in [0.2, 0.25) is 0 Å². The molecule has 1 aromatic rings. The SMILES string of the molecule is COC(=O)[C@H](C)N1C(=O)S/C(=C/c2cc([N+](=O)[O-])ccc2OC)C1=O. The molecule has 0 aliphatic carbocycles. The number of nitrogens with zero attached hydrogens (tertiary/aromatic N) is 2. The molecule has 0 bridgehead atoms. The highest BCUT2D eigenvalue weighted by atomic mass is 32.2. The largest absolute Gasteiger partial charge is 0.496 e. The lowest BCUT2D eigenvalue weighted by Gasteiger charge is -2.18.